The Bertz CT molecular complexity index is 1460. The molecule has 1 unspecified atom stereocenters. The fourth-order valence-corrected chi connectivity index (χ4v) is 4.29. The summed E-state index contributed by atoms with van der Waals surface area (Å²) in [5.41, 5.74) is 2.86. The summed E-state index contributed by atoms with van der Waals surface area (Å²) in [7, 11) is 3.45. The van der Waals surface area contributed by atoms with Gasteiger partial charge >= 0.3 is 6.09 Å². The number of aryl methyl sites for hydroxylation is 1. The molecule has 0 aliphatic carbocycles. The first-order valence-corrected chi connectivity index (χ1v) is 12.7. The van der Waals surface area contributed by atoms with Gasteiger partial charge in [0.1, 0.15) is 23.3 Å². The van der Waals surface area contributed by atoms with E-state index in [0.717, 1.165) is 22.3 Å². The lowest BCUT2D eigenvalue weighted by Gasteiger charge is -2.28. The van der Waals surface area contributed by atoms with Crippen molar-refractivity contribution in [3.05, 3.63) is 78.1 Å². The van der Waals surface area contributed by atoms with Crippen molar-refractivity contribution in [3.8, 4) is 22.9 Å². The first kappa shape index (κ1) is 26.0. The smallest absolute Gasteiger partial charge is 0.410 e. The molecule has 0 saturated heterocycles. The SMILES string of the molecule is COc1nc(Nc2ccc3c(n2)OC(c2ccccc2)CN(C(=O)OC(C)(C)C)C3)ccc1-c1cnn(C)c1. The number of aromatic nitrogens is 4. The molecule has 1 aromatic carbocycles. The van der Waals surface area contributed by atoms with Crippen LogP contribution in [0.3, 0.4) is 0 Å². The Morgan fingerprint density at radius 1 is 1.05 bits per heavy atom. The highest BCUT2D eigenvalue weighted by Gasteiger charge is 2.31. The summed E-state index contributed by atoms with van der Waals surface area (Å²) in [5.74, 6) is 2.03. The molecule has 1 N–H and O–H groups in total. The summed E-state index contributed by atoms with van der Waals surface area (Å²) in [6, 6.07) is 17.3. The molecule has 39 heavy (non-hydrogen) atoms. The van der Waals surface area contributed by atoms with E-state index in [1.54, 1.807) is 22.9 Å². The van der Waals surface area contributed by atoms with Crippen LogP contribution in [-0.4, -0.2) is 50.0 Å². The number of benzene rings is 1. The molecule has 1 atom stereocenters. The van der Waals surface area contributed by atoms with Crippen LogP contribution in [-0.2, 0) is 18.3 Å². The third kappa shape index (κ3) is 6.11. The first-order valence-electron chi connectivity index (χ1n) is 12.7. The Morgan fingerprint density at radius 2 is 1.79 bits per heavy atom. The topological polar surface area (TPSA) is 104 Å². The van der Waals surface area contributed by atoms with Gasteiger partial charge in [-0.2, -0.15) is 15.1 Å². The van der Waals surface area contributed by atoms with Crippen LogP contribution >= 0.6 is 0 Å². The zero-order chi connectivity index (χ0) is 27.6. The monoisotopic (exact) mass is 528 g/mol. The number of fused-ring (bicyclic) bond motifs is 1. The minimum absolute atomic E-state index is 0.312. The van der Waals surface area contributed by atoms with E-state index in [4.69, 9.17) is 19.2 Å². The third-order valence-corrected chi connectivity index (χ3v) is 6.09. The molecule has 1 aliphatic rings. The van der Waals surface area contributed by atoms with Crippen molar-refractivity contribution in [1.29, 1.82) is 0 Å². The van der Waals surface area contributed by atoms with E-state index in [2.05, 4.69) is 15.4 Å². The lowest BCUT2D eigenvalue weighted by atomic mass is 10.1. The number of hydrogen-bond acceptors (Lipinski definition) is 8. The number of anilines is 2. The van der Waals surface area contributed by atoms with Gasteiger partial charge in [-0.3, -0.25) is 9.58 Å². The van der Waals surface area contributed by atoms with Gasteiger partial charge in [0, 0.05) is 29.9 Å². The number of rotatable bonds is 5. The fraction of sp³-hybridized carbons (Fsp3) is 0.310. The molecule has 1 amide bonds. The molecule has 0 fully saturated rings. The van der Waals surface area contributed by atoms with Gasteiger partial charge in [0.25, 0.3) is 0 Å². The van der Waals surface area contributed by atoms with Crippen LogP contribution in [0.4, 0.5) is 16.4 Å². The van der Waals surface area contributed by atoms with E-state index >= 15 is 0 Å². The normalized spacial score (nSPS) is 15.1. The zero-order valence-electron chi connectivity index (χ0n) is 22.7. The van der Waals surface area contributed by atoms with Gasteiger partial charge in [-0.25, -0.2) is 4.79 Å². The van der Waals surface area contributed by atoms with Gasteiger partial charge in [0.05, 0.1) is 26.4 Å². The highest BCUT2D eigenvalue weighted by atomic mass is 16.6. The van der Waals surface area contributed by atoms with Gasteiger partial charge in [0.15, 0.2) is 0 Å². The van der Waals surface area contributed by atoms with Crippen molar-refractivity contribution in [2.24, 2.45) is 7.05 Å². The summed E-state index contributed by atoms with van der Waals surface area (Å²) in [6.45, 7) is 6.20. The van der Waals surface area contributed by atoms with Crippen molar-refractivity contribution in [2.45, 2.75) is 39.0 Å². The van der Waals surface area contributed by atoms with Gasteiger partial charge in [-0.05, 0) is 50.6 Å². The number of carbonyl (C=O) groups is 1. The largest absolute Gasteiger partial charge is 0.480 e. The second-order valence-electron chi connectivity index (χ2n) is 10.3. The Morgan fingerprint density at radius 3 is 2.49 bits per heavy atom. The van der Waals surface area contributed by atoms with E-state index in [9.17, 15) is 4.79 Å². The Kier molecular flexibility index (Phi) is 7.10. The van der Waals surface area contributed by atoms with Crippen LogP contribution in [0.1, 0.15) is 38.0 Å². The van der Waals surface area contributed by atoms with E-state index in [1.807, 2.05) is 88.6 Å². The number of pyridine rings is 2. The third-order valence-electron chi connectivity index (χ3n) is 6.09. The minimum atomic E-state index is -0.609. The van der Waals surface area contributed by atoms with Crippen molar-refractivity contribution in [2.75, 3.05) is 19.0 Å². The molecule has 0 radical (unpaired) electrons. The average molecular weight is 529 g/mol. The molecule has 0 saturated carbocycles. The van der Waals surface area contributed by atoms with Crippen LogP contribution < -0.4 is 14.8 Å². The molecular weight excluding hydrogens is 496 g/mol. The maximum absolute atomic E-state index is 13.0. The Labute approximate surface area is 227 Å². The summed E-state index contributed by atoms with van der Waals surface area (Å²) < 4.78 is 19.3. The summed E-state index contributed by atoms with van der Waals surface area (Å²) >= 11 is 0. The Hall–Kier alpha value is -4.60. The number of nitrogens with zero attached hydrogens (tertiary/aromatic N) is 5. The molecule has 10 heteroatoms. The lowest BCUT2D eigenvalue weighted by Crippen LogP contribution is -2.38. The molecule has 10 nitrogen and oxygen atoms in total. The maximum atomic E-state index is 13.0. The standard InChI is InChI=1S/C29H32N6O4/c1-29(2,3)39-28(36)35-17-20-11-13-24(32-26(20)38-23(18-35)19-9-7-6-8-10-19)31-25-14-12-22(27(33-25)37-5)21-15-30-34(4)16-21/h6-16,23H,17-18H2,1-5H3,(H,31,32,33). The molecule has 5 rings (SSSR count). The summed E-state index contributed by atoms with van der Waals surface area (Å²) in [5, 5.41) is 7.47. The van der Waals surface area contributed by atoms with Crippen molar-refractivity contribution in [1.82, 2.24) is 24.6 Å². The summed E-state index contributed by atoms with van der Waals surface area (Å²) in [4.78, 5) is 24.1. The molecule has 0 bridgehead atoms. The van der Waals surface area contributed by atoms with E-state index in [-0.39, 0.29) is 0 Å². The highest BCUT2D eigenvalue weighted by molar-refractivity contribution is 5.70. The van der Waals surface area contributed by atoms with Crippen molar-refractivity contribution >= 4 is 17.7 Å². The predicted molar refractivity (Wildman–Crippen MR) is 147 cm³/mol. The van der Waals surface area contributed by atoms with E-state index in [1.165, 1.54) is 0 Å². The van der Waals surface area contributed by atoms with Gasteiger partial charge in [-0.15, -0.1) is 0 Å². The zero-order valence-corrected chi connectivity index (χ0v) is 22.7. The number of ether oxygens (including phenoxy) is 3. The number of nitrogens with one attached hydrogen (secondary N) is 1. The molecule has 4 heterocycles. The number of hydrogen-bond donors (Lipinski definition) is 1. The average Bonchev–Trinajstić information content (AvgIpc) is 3.24. The van der Waals surface area contributed by atoms with Crippen LogP contribution in [0.2, 0.25) is 0 Å². The van der Waals surface area contributed by atoms with Gasteiger partial charge < -0.3 is 19.5 Å². The molecule has 202 valence electrons. The van der Waals surface area contributed by atoms with Crippen molar-refractivity contribution in [3.63, 3.8) is 0 Å². The van der Waals surface area contributed by atoms with Gasteiger partial charge in [0.2, 0.25) is 11.8 Å². The van der Waals surface area contributed by atoms with E-state index in [0.29, 0.717) is 36.5 Å². The van der Waals surface area contributed by atoms with Crippen molar-refractivity contribution < 1.29 is 19.0 Å². The molecular formula is C29H32N6O4. The van der Waals surface area contributed by atoms with Gasteiger partial charge in [-0.1, -0.05) is 30.3 Å². The molecule has 3 aromatic heterocycles. The maximum Gasteiger partial charge on any atom is 0.410 e. The molecule has 1 aliphatic heterocycles. The minimum Gasteiger partial charge on any atom is -0.480 e. The quantitative estimate of drug-likeness (QED) is 0.362. The fourth-order valence-electron chi connectivity index (χ4n) is 4.29. The second-order valence-corrected chi connectivity index (χ2v) is 10.3. The predicted octanol–water partition coefficient (Wildman–Crippen LogP) is 5.50. The molecule has 0 spiro atoms. The number of methoxy groups -OCH3 is 1. The van der Waals surface area contributed by atoms with Crippen LogP contribution in [0.25, 0.3) is 11.1 Å². The van der Waals surface area contributed by atoms with Crippen LogP contribution in [0.5, 0.6) is 11.8 Å². The van der Waals surface area contributed by atoms with Crippen LogP contribution in [0, 0.1) is 0 Å². The van der Waals surface area contributed by atoms with E-state index < -0.39 is 17.8 Å². The Balaban J connectivity index is 1.43. The highest BCUT2D eigenvalue weighted by Crippen LogP contribution is 2.33. The summed E-state index contributed by atoms with van der Waals surface area (Å²) in [6.07, 6.45) is 2.86. The van der Waals surface area contributed by atoms with Crippen LogP contribution in [0.15, 0.2) is 67.0 Å². The molecule has 4 aromatic rings. The second kappa shape index (κ2) is 10.6. The number of carbonyl (C=O) groups excluding carboxylic acids is 1. The number of amides is 1. The lowest BCUT2D eigenvalue weighted by molar-refractivity contribution is 0.0177. The first-order chi connectivity index (χ1) is 18.7.